The van der Waals surface area contributed by atoms with Gasteiger partial charge in [0.05, 0.1) is 38.8 Å². The largest absolute Gasteiger partial charge is 0.497 e. The summed E-state index contributed by atoms with van der Waals surface area (Å²) in [6.07, 6.45) is 3.90. The van der Waals surface area contributed by atoms with Gasteiger partial charge in [-0.1, -0.05) is 43.2 Å². The number of rotatable bonds is 6. The third kappa shape index (κ3) is 6.73. The van der Waals surface area contributed by atoms with E-state index in [9.17, 15) is 14.4 Å². The number of nitrogens with one attached hydrogen (secondary N) is 2. The molecular formula is C26H33N3O5. The Morgan fingerprint density at radius 1 is 1.03 bits per heavy atom. The van der Waals surface area contributed by atoms with Crippen LogP contribution in [0.5, 0.6) is 11.5 Å². The number of carbonyl (C=O) groups excluding carboxylic acids is 3. The summed E-state index contributed by atoms with van der Waals surface area (Å²) in [6, 6.07) is 14.0. The highest BCUT2D eigenvalue weighted by Gasteiger charge is 2.28. The quantitative estimate of drug-likeness (QED) is 0.681. The molecule has 1 unspecified atom stereocenters. The van der Waals surface area contributed by atoms with Gasteiger partial charge in [-0.05, 0) is 30.5 Å². The third-order valence-corrected chi connectivity index (χ3v) is 5.96. The van der Waals surface area contributed by atoms with Crippen LogP contribution in [0.2, 0.25) is 0 Å². The number of hydrogen-bond donors (Lipinski definition) is 2. The van der Waals surface area contributed by atoms with Crippen molar-refractivity contribution in [3.8, 4) is 11.5 Å². The smallest absolute Gasteiger partial charge is 0.255 e. The van der Waals surface area contributed by atoms with Crippen LogP contribution in [-0.2, 0) is 9.59 Å². The molecule has 34 heavy (non-hydrogen) atoms. The summed E-state index contributed by atoms with van der Waals surface area (Å²) in [5.41, 5.74) is 1.21. The maximum atomic E-state index is 13.4. The fraction of sp³-hybridized carbons (Fsp3) is 0.423. The predicted octanol–water partition coefficient (Wildman–Crippen LogP) is 3.08. The summed E-state index contributed by atoms with van der Waals surface area (Å²) >= 11 is 0. The van der Waals surface area contributed by atoms with Crippen molar-refractivity contribution < 1.29 is 23.9 Å². The molecule has 2 aromatic carbocycles. The molecule has 1 fully saturated rings. The summed E-state index contributed by atoms with van der Waals surface area (Å²) in [4.78, 5) is 40.5. The van der Waals surface area contributed by atoms with Crippen LogP contribution in [0.25, 0.3) is 0 Å². The second kappa shape index (κ2) is 12.6. The fourth-order valence-electron chi connectivity index (χ4n) is 4.11. The first kappa shape index (κ1) is 25.1. The zero-order chi connectivity index (χ0) is 24.3. The molecule has 0 bridgehead atoms. The number of nitrogens with zero attached hydrogens (tertiary/aromatic N) is 1. The number of carbonyl (C=O) groups is 3. The Labute approximate surface area is 200 Å². The molecule has 2 N–H and O–H groups in total. The van der Waals surface area contributed by atoms with Gasteiger partial charge in [0.2, 0.25) is 11.8 Å². The molecule has 0 spiro atoms. The lowest BCUT2D eigenvalue weighted by Crippen LogP contribution is -2.44. The maximum absolute atomic E-state index is 13.4. The molecule has 0 radical (unpaired) electrons. The Morgan fingerprint density at radius 3 is 2.53 bits per heavy atom. The minimum absolute atomic E-state index is 0.0828. The van der Waals surface area contributed by atoms with Gasteiger partial charge < -0.3 is 25.0 Å². The summed E-state index contributed by atoms with van der Waals surface area (Å²) in [5, 5.41) is 5.68. The topological polar surface area (TPSA) is 97.0 Å². The molecule has 1 saturated heterocycles. The van der Waals surface area contributed by atoms with Gasteiger partial charge in [0.1, 0.15) is 11.5 Å². The SMILES string of the molecule is COc1ccc(C(=O)NCC(=O)N2CCCCCCNC(=O)CC2c2ccccc2)c(OC)c1. The van der Waals surface area contributed by atoms with Gasteiger partial charge in [-0.15, -0.1) is 0 Å². The van der Waals surface area contributed by atoms with E-state index in [4.69, 9.17) is 9.47 Å². The summed E-state index contributed by atoms with van der Waals surface area (Å²) in [5.74, 6) is 0.192. The van der Waals surface area contributed by atoms with Crippen molar-refractivity contribution in [2.45, 2.75) is 38.1 Å². The van der Waals surface area contributed by atoms with Gasteiger partial charge in [0.15, 0.2) is 0 Å². The number of hydrogen-bond acceptors (Lipinski definition) is 5. The van der Waals surface area contributed by atoms with Crippen LogP contribution in [0.4, 0.5) is 0 Å². The molecule has 0 saturated carbocycles. The Kier molecular flexibility index (Phi) is 9.31. The Morgan fingerprint density at radius 2 is 1.79 bits per heavy atom. The highest BCUT2D eigenvalue weighted by atomic mass is 16.5. The highest BCUT2D eigenvalue weighted by molar-refractivity contribution is 5.99. The van der Waals surface area contributed by atoms with Crippen molar-refractivity contribution in [3.05, 3.63) is 59.7 Å². The minimum atomic E-state index is -0.417. The van der Waals surface area contributed by atoms with Crippen molar-refractivity contribution in [2.24, 2.45) is 0 Å². The average Bonchev–Trinajstić information content (AvgIpc) is 2.91. The zero-order valence-corrected chi connectivity index (χ0v) is 19.8. The fourth-order valence-corrected chi connectivity index (χ4v) is 4.11. The van der Waals surface area contributed by atoms with Gasteiger partial charge in [-0.3, -0.25) is 14.4 Å². The van der Waals surface area contributed by atoms with Crippen LogP contribution in [-0.4, -0.2) is 56.5 Å². The van der Waals surface area contributed by atoms with E-state index < -0.39 is 11.9 Å². The Bertz CT molecular complexity index is 980. The number of methoxy groups -OCH3 is 2. The van der Waals surface area contributed by atoms with Gasteiger partial charge in [0, 0.05) is 19.2 Å². The normalized spacial score (nSPS) is 17.2. The van der Waals surface area contributed by atoms with E-state index in [1.807, 2.05) is 30.3 Å². The monoisotopic (exact) mass is 467 g/mol. The van der Waals surface area contributed by atoms with E-state index in [0.717, 1.165) is 31.2 Å². The number of benzene rings is 2. The van der Waals surface area contributed by atoms with Crippen LogP contribution in [0.15, 0.2) is 48.5 Å². The van der Waals surface area contributed by atoms with E-state index in [-0.39, 0.29) is 24.8 Å². The molecule has 8 nitrogen and oxygen atoms in total. The summed E-state index contributed by atoms with van der Waals surface area (Å²) in [7, 11) is 3.01. The van der Waals surface area contributed by atoms with E-state index >= 15 is 0 Å². The molecule has 1 atom stereocenters. The number of amides is 3. The second-order valence-corrected chi connectivity index (χ2v) is 8.23. The molecule has 1 aliphatic rings. The first-order valence-electron chi connectivity index (χ1n) is 11.6. The molecule has 0 aliphatic carbocycles. The van der Waals surface area contributed by atoms with Crippen molar-refractivity contribution in [2.75, 3.05) is 33.9 Å². The lowest BCUT2D eigenvalue weighted by atomic mass is 10.0. The predicted molar refractivity (Wildman–Crippen MR) is 129 cm³/mol. The maximum Gasteiger partial charge on any atom is 0.255 e. The van der Waals surface area contributed by atoms with Crippen molar-refractivity contribution in [1.29, 1.82) is 0 Å². The first-order valence-corrected chi connectivity index (χ1v) is 11.6. The molecular weight excluding hydrogens is 434 g/mol. The molecule has 3 rings (SSSR count). The van der Waals surface area contributed by atoms with Crippen molar-refractivity contribution in [1.82, 2.24) is 15.5 Å². The van der Waals surface area contributed by atoms with Crippen molar-refractivity contribution >= 4 is 17.7 Å². The Hall–Kier alpha value is -3.55. The highest BCUT2D eigenvalue weighted by Crippen LogP contribution is 2.27. The third-order valence-electron chi connectivity index (χ3n) is 5.96. The van der Waals surface area contributed by atoms with Crippen LogP contribution in [0.3, 0.4) is 0 Å². The standard InChI is InChI=1S/C26H33N3O5/c1-33-20-12-13-21(23(16-20)34-2)26(32)28-18-25(31)29-15-9-4-3-8-14-27-24(30)17-22(29)19-10-6-5-7-11-19/h5-7,10-13,16,22H,3-4,8-9,14-15,17-18H2,1-2H3,(H,27,30)(H,28,32). The van der Waals surface area contributed by atoms with E-state index in [2.05, 4.69) is 10.6 Å². The van der Waals surface area contributed by atoms with Gasteiger partial charge in [0.25, 0.3) is 5.91 Å². The summed E-state index contributed by atoms with van der Waals surface area (Å²) in [6.45, 7) is 0.987. The average molecular weight is 468 g/mol. The van der Waals surface area contributed by atoms with E-state index in [1.54, 1.807) is 23.1 Å². The number of ether oxygens (including phenoxy) is 2. The first-order chi connectivity index (χ1) is 16.5. The summed E-state index contributed by atoms with van der Waals surface area (Å²) < 4.78 is 10.5. The van der Waals surface area contributed by atoms with E-state index in [0.29, 0.717) is 30.2 Å². The molecule has 1 heterocycles. The van der Waals surface area contributed by atoms with E-state index in [1.165, 1.54) is 14.2 Å². The van der Waals surface area contributed by atoms with Crippen LogP contribution < -0.4 is 20.1 Å². The minimum Gasteiger partial charge on any atom is -0.497 e. The molecule has 182 valence electrons. The Balaban J connectivity index is 1.78. The van der Waals surface area contributed by atoms with Crippen LogP contribution >= 0.6 is 0 Å². The van der Waals surface area contributed by atoms with Gasteiger partial charge >= 0.3 is 0 Å². The lowest BCUT2D eigenvalue weighted by molar-refractivity contribution is -0.134. The molecule has 8 heteroatoms. The van der Waals surface area contributed by atoms with Crippen LogP contribution in [0.1, 0.15) is 54.1 Å². The van der Waals surface area contributed by atoms with Gasteiger partial charge in [-0.2, -0.15) is 0 Å². The molecule has 3 amide bonds. The zero-order valence-electron chi connectivity index (χ0n) is 19.8. The second-order valence-electron chi connectivity index (χ2n) is 8.23. The van der Waals surface area contributed by atoms with Gasteiger partial charge in [-0.25, -0.2) is 0 Å². The molecule has 2 aromatic rings. The molecule has 0 aromatic heterocycles. The van der Waals surface area contributed by atoms with Crippen molar-refractivity contribution in [3.63, 3.8) is 0 Å². The molecule has 1 aliphatic heterocycles. The van der Waals surface area contributed by atoms with Crippen LogP contribution in [0, 0.1) is 0 Å². The lowest BCUT2D eigenvalue weighted by Gasteiger charge is -2.32.